The maximum absolute atomic E-state index is 13.6. The molecule has 2 rings (SSSR count). The van der Waals surface area contributed by atoms with Gasteiger partial charge >= 0.3 is 0 Å². The number of hydrogen-bond donors (Lipinski definition) is 2. The molecule has 2 aromatic rings. The van der Waals surface area contributed by atoms with Crippen molar-refractivity contribution in [3.63, 3.8) is 0 Å². The van der Waals surface area contributed by atoms with E-state index in [2.05, 4.69) is 5.32 Å². The Labute approximate surface area is 121 Å². The molecule has 0 radical (unpaired) electrons. The van der Waals surface area contributed by atoms with Gasteiger partial charge in [0.2, 0.25) is 5.91 Å². The molecular formula is C15H14ClFN2O. The summed E-state index contributed by atoms with van der Waals surface area (Å²) in [6.07, 6.45) is 0.374. The molecule has 0 saturated heterocycles. The first-order chi connectivity index (χ1) is 9.58. The maximum Gasteiger partial charge on any atom is 0.241 e. The Hall–Kier alpha value is -1.91. The molecule has 0 fully saturated rings. The number of nitrogens with two attached hydrogens (primary N) is 1. The molecule has 5 heteroatoms. The van der Waals surface area contributed by atoms with Crippen LogP contribution in [-0.2, 0) is 11.2 Å². The molecule has 0 spiro atoms. The van der Waals surface area contributed by atoms with Crippen molar-refractivity contribution in [1.29, 1.82) is 0 Å². The van der Waals surface area contributed by atoms with Crippen LogP contribution in [0.5, 0.6) is 0 Å². The van der Waals surface area contributed by atoms with Gasteiger partial charge in [-0.2, -0.15) is 0 Å². The predicted octanol–water partition coefficient (Wildman–Crippen LogP) is 2.99. The molecule has 3 nitrogen and oxygen atoms in total. The van der Waals surface area contributed by atoms with Crippen LogP contribution in [0, 0.1) is 5.82 Å². The third-order valence-corrected chi connectivity index (χ3v) is 3.16. The summed E-state index contributed by atoms with van der Waals surface area (Å²) in [6, 6.07) is 12.8. The summed E-state index contributed by atoms with van der Waals surface area (Å²) in [7, 11) is 0. The smallest absolute Gasteiger partial charge is 0.241 e. The fourth-order valence-corrected chi connectivity index (χ4v) is 2.00. The zero-order chi connectivity index (χ0) is 14.5. The van der Waals surface area contributed by atoms with E-state index in [1.165, 1.54) is 18.2 Å². The van der Waals surface area contributed by atoms with Gasteiger partial charge in [-0.1, -0.05) is 48.0 Å². The Bertz CT molecular complexity index is 584. The van der Waals surface area contributed by atoms with E-state index in [9.17, 15) is 9.18 Å². The van der Waals surface area contributed by atoms with Crippen LogP contribution in [0.3, 0.4) is 0 Å². The fourth-order valence-electron chi connectivity index (χ4n) is 1.79. The fraction of sp³-hybridized carbons (Fsp3) is 0.133. The SMILES string of the molecule is N[C@H](Cc1ccccc1)C(=O)Nc1c(F)cccc1Cl. The number of para-hydroxylation sites is 1. The highest BCUT2D eigenvalue weighted by atomic mass is 35.5. The molecule has 0 bridgehead atoms. The first-order valence-corrected chi connectivity index (χ1v) is 6.50. The normalized spacial score (nSPS) is 11.9. The van der Waals surface area contributed by atoms with E-state index in [1.807, 2.05) is 30.3 Å². The Morgan fingerprint density at radius 1 is 1.20 bits per heavy atom. The molecule has 0 aromatic heterocycles. The van der Waals surface area contributed by atoms with E-state index >= 15 is 0 Å². The van der Waals surface area contributed by atoms with Crippen LogP contribution in [0.1, 0.15) is 5.56 Å². The molecule has 1 atom stereocenters. The lowest BCUT2D eigenvalue weighted by molar-refractivity contribution is -0.117. The Morgan fingerprint density at radius 2 is 1.90 bits per heavy atom. The number of carbonyl (C=O) groups excluding carboxylic acids is 1. The van der Waals surface area contributed by atoms with Crippen LogP contribution in [-0.4, -0.2) is 11.9 Å². The second-order valence-corrected chi connectivity index (χ2v) is 4.79. The summed E-state index contributed by atoms with van der Waals surface area (Å²) in [6.45, 7) is 0. The number of rotatable bonds is 4. The topological polar surface area (TPSA) is 55.1 Å². The summed E-state index contributed by atoms with van der Waals surface area (Å²) in [5.74, 6) is -1.06. The highest BCUT2D eigenvalue weighted by Gasteiger charge is 2.17. The van der Waals surface area contributed by atoms with Crippen molar-refractivity contribution in [1.82, 2.24) is 0 Å². The van der Waals surface area contributed by atoms with Gasteiger partial charge in [0.25, 0.3) is 0 Å². The molecular weight excluding hydrogens is 279 g/mol. The number of halogens is 2. The molecule has 20 heavy (non-hydrogen) atoms. The second kappa shape index (κ2) is 6.50. The van der Waals surface area contributed by atoms with Crippen LogP contribution in [0.2, 0.25) is 5.02 Å². The third kappa shape index (κ3) is 3.56. The zero-order valence-electron chi connectivity index (χ0n) is 10.6. The first-order valence-electron chi connectivity index (χ1n) is 6.12. The van der Waals surface area contributed by atoms with Gasteiger partial charge in [0.05, 0.1) is 16.8 Å². The van der Waals surface area contributed by atoms with Crippen molar-refractivity contribution < 1.29 is 9.18 Å². The van der Waals surface area contributed by atoms with Crippen LogP contribution < -0.4 is 11.1 Å². The maximum atomic E-state index is 13.6. The highest BCUT2D eigenvalue weighted by molar-refractivity contribution is 6.33. The molecule has 2 aromatic carbocycles. The Balaban J connectivity index is 2.05. The first kappa shape index (κ1) is 14.5. The summed E-state index contributed by atoms with van der Waals surface area (Å²) in [5.41, 5.74) is 6.72. The second-order valence-electron chi connectivity index (χ2n) is 4.38. The molecule has 0 aliphatic rings. The minimum Gasteiger partial charge on any atom is -0.321 e. The number of anilines is 1. The molecule has 0 aliphatic heterocycles. The monoisotopic (exact) mass is 292 g/mol. The van der Waals surface area contributed by atoms with E-state index in [0.717, 1.165) is 5.56 Å². The molecule has 104 valence electrons. The zero-order valence-corrected chi connectivity index (χ0v) is 11.4. The van der Waals surface area contributed by atoms with Crippen LogP contribution >= 0.6 is 11.6 Å². The van der Waals surface area contributed by atoms with Gasteiger partial charge in [-0.05, 0) is 24.1 Å². The summed E-state index contributed by atoms with van der Waals surface area (Å²) in [4.78, 5) is 12.0. The average Bonchev–Trinajstić information content (AvgIpc) is 2.44. The number of nitrogens with one attached hydrogen (secondary N) is 1. The van der Waals surface area contributed by atoms with E-state index in [1.54, 1.807) is 0 Å². The van der Waals surface area contributed by atoms with Crippen molar-refractivity contribution in [3.8, 4) is 0 Å². The predicted molar refractivity (Wildman–Crippen MR) is 78.2 cm³/mol. The molecule has 3 N–H and O–H groups in total. The van der Waals surface area contributed by atoms with Crippen LogP contribution in [0.25, 0.3) is 0 Å². The summed E-state index contributed by atoms with van der Waals surface area (Å²) in [5, 5.41) is 2.57. The number of hydrogen-bond acceptors (Lipinski definition) is 2. The van der Waals surface area contributed by atoms with Gasteiger partial charge in [-0.15, -0.1) is 0 Å². The number of amides is 1. The van der Waals surface area contributed by atoms with Gasteiger partial charge in [-0.25, -0.2) is 4.39 Å². The lowest BCUT2D eigenvalue weighted by Crippen LogP contribution is -2.37. The van der Waals surface area contributed by atoms with Gasteiger partial charge in [0, 0.05) is 0 Å². The standard InChI is InChI=1S/C15H14ClFN2O/c16-11-7-4-8-12(17)14(11)19-15(20)13(18)9-10-5-2-1-3-6-10/h1-8,13H,9,18H2,(H,19,20)/t13-/m1/s1. The molecule has 0 aliphatic carbocycles. The van der Waals surface area contributed by atoms with Crippen molar-refractivity contribution in [3.05, 3.63) is 64.9 Å². The van der Waals surface area contributed by atoms with Gasteiger partial charge in [0.1, 0.15) is 5.82 Å². The number of carbonyl (C=O) groups is 1. The van der Waals surface area contributed by atoms with Crippen molar-refractivity contribution in [2.45, 2.75) is 12.5 Å². The highest BCUT2D eigenvalue weighted by Crippen LogP contribution is 2.24. The quantitative estimate of drug-likeness (QED) is 0.910. The molecule has 0 saturated carbocycles. The third-order valence-electron chi connectivity index (χ3n) is 2.85. The summed E-state index contributed by atoms with van der Waals surface area (Å²) < 4.78 is 13.6. The van der Waals surface area contributed by atoms with Gasteiger partial charge in [-0.3, -0.25) is 4.79 Å². The minimum absolute atomic E-state index is 0.0392. The van der Waals surface area contributed by atoms with Gasteiger partial charge < -0.3 is 11.1 Å². The molecule has 0 unspecified atom stereocenters. The van der Waals surface area contributed by atoms with Crippen molar-refractivity contribution in [2.75, 3.05) is 5.32 Å². The van der Waals surface area contributed by atoms with E-state index in [-0.39, 0.29) is 10.7 Å². The van der Waals surface area contributed by atoms with Crippen molar-refractivity contribution in [2.24, 2.45) is 5.73 Å². The summed E-state index contributed by atoms with van der Waals surface area (Å²) >= 11 is 5.84. The van der Waals surface area contributed by atoms with E-state index in [0.29, 0.717) is 6.42 Å². The van der Waals surface area contributed by atoms with E-state index in [4.69, 9.17) is 17.3 Å². The Kier molecular flexibility index (Phi) is 4.71. The van der Waals surface area contributed by atoms with Gasteiger partial charge in [0.15, 0.2) is 0 Å². The van der Waals surface area contributed by atoms with E-state index < -0.39 is 17.8 Å². The van der Waals surface area contributed by atoms with Crippen LogP contribution in [0.15, 0.2) is 48.5 Å². The number of benzene rings is 2. The lowest BCUT2D eigenvalue weighted by Gasteiger charge is -2.13. The van der Waals surface area contributed by atoms with Crippen LogP contribution in [0.4, 0.5) is 10.1 Å². The average molecular weight is 293 g/mol. The molecule has 0 heterocycles. The van der Waals surface area contributed by atoms with Crippen molar-refractivity contribution >= 4 is 23.2 Å². The Morgan fingerprint density at radius 3 is 2.55 bits per heavy atom. The lowest BCUT2D eigenvalue weighted by atomic mass is 10.1. The largest absolute Gasteiger partial charge is 0.321 e. The minimum atomic E-state index is -0.770. The molecule has 1 amide bonds.